The summed E-state index contributed by atoms with van der Waals surface area (Å²) in [6.45, 7) is 4.35. The van der Waals surface area contributed by atoms with Crippen LogP contribution >= 0.6 is 11.8 Å². The molecule has 23 heavy (non-hydrogen) atoms. The minimum Gasteiger partial charge on any atom is -0.418 e. The number of thioether (sulfide) groups is 1. The van der Waals surface area contributed by atoms with Gasteiger partial charge in [0.05, 0.1) is 5.56 Å². The van der Waals surface area contributed by atoms with Crippen LogP contribution < -0.4 is 0 Å². The Morgan fingerprint density at radius 1 is 1.13 bits per heavy atom. The molecule has 0 N–H and O–H groups in total. The maximum Gasteiger partial charge on any atom is 0.673 e. The molecule has 1 aromatic rings. The Bertz CT molecular complexity index is 500. The molecule has 0 aromatic heterocycles. The molecule has 0 aliphatic carbocycles. The highest BCUT2D eigenvalue weighted by molar-refractivity contribution is 8.16. The Morgan fingerprint density at radius 3 is 2.09 bits per heavy atom. The van der Waals surface area contributed by atoms with Gasteiger partial charge in [-0.2, -0.15) is 0 Å². The van der Waals surface area contributed by atoms with Gasteiger partial charge in [-0.3, -0.25) is 0 Å². The lowest BCUT2D eigenvalue weighted by molar-refractivity contribution is -0.460. The van der Waals surface area contributed by atoms with Gasteiger partial charge in [0.2, 0.25) is 5.04 Å². The van der Waals surface area contributed by atoms with Gasteiger partial charge in [-0.15, -0.1) is 0 Å². The van der Waals surface area contributed by atoms with Crippen LogP contribution in [0.4, 0.5) is 17.3 Å². The van der Waals surface area contributed by atoms with Crippen LogP contribution in [0.15, 0.2) is 35.7 Å². The number of rotatable bonds is 5. The van der Waals surface area contributed by atoms with Crippen molar-refractivity contribution in [2.24, 2.45) is 0 Å². The minimum absolute atomic E-state index is 1.18. The van der Waals surface area contributed by atoms with Gasteiger partial charge >= 0.3 is 7.25 Å². The van der Waals surface area contributed by atoms with Gasteiger partial charge in [0.15, 0.2) is 0 Å². The van der Waals surface area contributed by atoms with E-state index in [4.69, 9.17) is 0 Å². The molecule has 0 aliphatic rings. The van der Waals surface area contributed by atoms with E-state index in [1.165, 1.54) is 35.4 Å². The molecule has 0 atom stereocenters. The summed E-state index contributed by atoms with van der Waals surface area (Å²) in [5, 5.41) is 3.51. The van der Waals surface area contributed by atoms with Crippen molar-refractivity contribution in [1.29, 1.82) is 0 Å². The highest BCUT2D eigenvalue weighted by Crippen LogP contribution is 2.16. The number of allylic oxidation sites excluding steroid dienone is 1. The smallest absolute Gasteiger partial charge is 0.418 e. The number of aryl methyl sites for hydroxylation is 1. The van der Waals surface area contributed by atoms with Crippen LogP contribution in [0.2, 0.25) is 0 Å². The molecule has 0 unspecified atom stereocenters. The zero-order chi connectivity index (χ0) is 17.9. The predicted molar refractivity (Wildman–Crippen MR) is 93.8 cm³/mol. The summed E-state index contributed by atoms with van der Waals surface area (Å²) < 4.78 is 41.2. The maximum atomic E-state index is 9.75. The second-order valence-electron chi connectivity index (χ2n) is 5.19. The van der Waals surface area contributed by atoms with Crippen molar-refractivity contribution < 1.29 is 21.8 Å². The predicted octanol–water partition coefficient (Wildman–Crippen LogP) is 5.75. The molecule has 0 radical (unpaired) electrons. The fraction of sp³-hybridized carbons (Fsp3) is 0.438. The molecule has 1 rings (SSSR count). The van der Waals surface area contributed by atoms with Crippen LogP contribution in [0.3, 0.4) is 0 Å². The second-order valence-corrected chi connectivity index (χ2v) is 6.09. The van der Waals surface area contributed by atoms with Gasteiger partial charge in [0, 0.05) is 0 Å². The summed E-state index contributed by atoms with van der Waals surface area (Å²) in [6, 6.07) is 8.72. The lowest BCUT2D eigenvalue weighted by Crippen LogP contribution is -2.10. The van der Waals surface area contributed by atoms with Gasteiger partial charge < -0.3 is 17.3 Å². The van der Waals surface area contributed by atoms with E-state index < -0.39 is 7.25 Å². The molecule has 0 spiro atoms. The topological polar surface area (TPSA) is 3.01 Å². The lowest BCUT2D eigenvalue weighted by Gasteiger charge is -2.02. The normalized spacial score (nSPS) is 11.1. The van der Waals surface area contributed by atoms with E-state index in [0.29, 0.717) is 0 Å². The van der Waals surface area contributed by atoms with Gasteiger partial charge in [0.1, 0.15) is 14.1 Å². The number of hydrogen-bond acceptors (Lipinski definition) is 1. The van der Waals surface area contributed by atoms with E-state index in [2.05, 4.69) is 68.3 Å². The van der Waals surface area contributed by atoms with Crippen LogP contribution in [-0.4, -0.2) is 31.0 Å². The summed E-state index contributed by atoms with van der Waals surface area (Å²) >= 11 is 1.80. The quantitative estimate of drug-likeness (QED) is 0.163. The Labute approximate surface area is 140 Å². The molecule has 0 aliphatic heterocycles. The highest BCUT2D eigenvalue weighted by Gasteiger charge is 2.20. The molecule has 0 heterocycles. The van der Waals surface area contributed by atoms with Crippen molar-refractivity contribution in [1.82, 2.24) is 0 Å². The summed E-state index contributed by atoms with van der Waals surface area (Å²) in [7, 11) is -1.80. The molecular weight excluding hydrogens is 325 g/mol. The highest BCUT2D eigenvalue weighted by atomic mass is 32.2. The summed E-state index contributed by atoms with van der Waals surface area (Å²) in [5.41, 5.74) is 2.59. The Hall–Kier alpha value is -1.24. The maximum absolute atomic E-state index is 9.75. The van der Waals surface area contributed by atoms with Crippen LogP contribution in [0.5, 0.6) is 0 Å². The number of hydrogen-bond donors (Lipinski definition) is 0. The number of unbranched alkanes of at least 4 members (excludes halogenated alkanes) is 2. The van der Waals surface area contributed by atoms with E-state index in [-0.39, 0.29) is 0 Å². The fourth-order valence-corrected chi connectivity index (χ4v) is 2.47. The van der Waals surface area contributed by atoms with Crippen molar-refractivity contribution in [3.63, 3.8) is 0 Å². The third kappa shape index (κ3) is 12.9. The molecule has 0 saturated carbocycles. The first-order valence-electron chi connectivity index (χ1n) is 7.45. The molecule has 7 heteroatoms. The largest absolute Gasteiger partial charge is 0.673 e. The first-order valence-corrected chi connectivity index (χ1v) is 8.33. The van der Waals surface area contributed by atoms with E-state index in [0.717, 1.165) is 0 Å². The van der Waals surface area contributed by atoms with Crippen LogP contribution in [-0.2, 0) is 0 Å². The zero-order valence-corrected chi connectivity index (χ0v) is 14.8. The fourth-order valence-electron chi connectivity index (χ4n) is 1.63. The molecular formula is C16H24BF4NS. The van der Waals surface area contributed by atoms with E-state index in [1.807, 2.05) is 0 Å². The third-order valence-corrected chi connectivity index (χ3v) is 3.86. The van der Waals surface area contributed by atoms with Gasteiger partial charge in [-0.25, -0.2) is 4.58 Å². The Morgan fingerprint density at radius 2 is 1.65 bits per heavy atom. The molecule has 0 bridgehead atoms. The SMILES string of the molecule is CCCC/C=C\SC(c1ccc(C)cc1)=[N+](C)C.F[B-](F)(F)F. The Kier molecular flexibility index (Phi) is 10.7. The minimum atomic E-state index is -6.00. The van der Waals surface area contributed by atoms with Crippen molar-refractivity contribution in [2.75, 3.05) is 14.1 Å². The molecule has 1 aromatic carbocycles. The first-order chi connectivity index (χ1) is 10.6. The molecule has 0 fully saturated rings. The van der Waals surface area contributed by atoms with Crippen LogP contribution in [0.25, 0.3) is 0 Å². The average Bonchev–Trinajstić information content (AvgIpc) is 2.42. The number of benzene rings is 1. The van der Waals surface area contributed by atoms with Gasteiger partial charge in [0.25, 0.3) is 0 Å². The van der Waals surface area contributed by atoms with E-state index in [1.54, 1.807) is 11.8 Å². The number of nitrogens with zero attached hydrogens (tertiary/aromatic N) is 1. The zero-order valence-electron chi connectivity index (χ0n) is 14.0. The van der Waals surface area contributed by atoms with Crippen molar-refractivity contribution in [2.45, 2.75) is 33.1 Å². The summed E-state index contributed by atoms with van der Waals surface area (Å²) in [4.78, 5) is 0. The number of halogens is 4. The molecule has 130 valence electrons. The van der Waals surface area contributed by atoms with Crippen molar-refractivity contribution in [3.05, 3.63) is 46.9 Å². The van der Waals surface area contributed by atoms with Gasteiger partial charge in [-0.1, -0.05) is 43.5 Å². The molecule has 1 nitrogen and oxygen atoms in total. The average molecular weight is 349 g/mol. The van der Waals surface area contributed by atoms with E-state index >= 15 is 0 Å². The van der Waals surface area contributed by atoms with Crippen LogP contribution in [0.1, 0.15) is 37.3 Å². The standard InChI is InChI=1S/C16H24NS.BF4/c1-5-6-7-8-13-18-16(17(3)4)15-11-9-14(2)10-12-15;2-1(3,4)5/h8-13H,5-7H2,1-4H3;/q+1;-1/b13-8-;. The van der Waals surface area contributed by atoms with E-state index in [9.17, 15) is 17.3 Å². The first kappa shape index (κ1) is 21.8. The molecule has 0 amide bonds. The second kappa shape index (κ2) is 11.3. The third-order valence-electron chi connectivity index (χ3n) is 2.70. The van der Waals surface area contributed by atoms with Crippen LogP contribution in [0, 0.1) is 6.92 Å². The van der Waals surface area contributed by atoms with Gasteiger partial charge in [-0.05, 0) is 42.6 Å². The molecule has 0 saturated heterocycles. The monoisotopic (exact) mass is 349 g/mol. The van der Waals surface area contributed by atoms with Crippen molar-refractivity contribution >= 4 is 24.1 Å². The lowest BCUT2D eigenvalue weighted by atomic mass is 10.2. The van der Waals surface area contributed by atoms with Crippen molar-refractivity contribution in [3.8, 4) is 0 Å². The summed E-state index contributed by atoms with van der Waals surface area (Å²) in [5.74, 6) is 0. The Balaban J connectivity index is 0.000000841. The summed E-state index contributed by atoms with van der Waals surface area (Å²) in [6.07, 6.45) is 5.99.